The zero-order valence-corrected chi connectivity index (χ0v) is 17.0. The Kier molecular flexibility index (Phi) is 6.36. The summed E-state index contributed by atoms with van der Waals surface area (Å²) in [7, 11) is 0. The number of carbonyl (C=O) groups excluding carboxylic acids is 2. The summed E-state index contributed by atoms with van der Waals surface area (Å²) in [6.45, 7) is 5.40. The Bertz CT molecular complexity index is 1120. The van der Waals surface area contributed by atoms with Gasteiger partial charge in [-0.2, -0.15) is 0 Å². The molecule has 2 heterocycles. The number of benzene rings is 1. The first kappa shape index (κ1) is 20.9. The fourth-order valence-corrected chi connectivity index (χ4v) is 2.94. The molecule has 0 saturated heterocycles. The number of aromatic nitrogens is 3. The number of carbonyl (C=O) groups is 2. The highest BCUT2D eigenvalue weighted by Gasteiger charge is 2.17. The van der Waals surface area contributed by atoms with Crippen LogP contribution in [0.25, 0.3) is 11.4 Å². The predicted octanol–water partition coefficient (Wildman–Crippen LogP) is 2.46. The average molecular weight is 405 g/mol. The minimum absolute atomic E-state index is 0.0353. The van der Waals surface area contributed by atoms with E-state index in [9.17, 15) is 14.4 Å². The van der Waals surface area contributed by atoms with Gasteiger partial charge in [0.2, 0.25) is 5.91 Å². The molecule has 0 saturated carbocycles. The van der Waals surface area contributed by atoms with E-state index >= 15 is 0 Å². The van der Waals surface area contributed by atoms with E-state index in [1.807, 2.05) is 13.8 Å². The summed E-state index contributed by atoms with van der Waals surface area (Å²) in [5.41, 5.74) is 1.76. The smallest absolute Gasteiger partial charge is 0.255 e. The summed E-state index contributed by atoms with van der Waals surface area (Å²) >= 11 is 0. The number of amides is 2. The molecule has 0 fully saturated rings. The molecule has 0 radical (unpaired) electrons. The van der Waals surface area contributed by atoms with Crippen molar-refractivity contribution in [2.45, 2.75) is 33.2 Å². The fourth-order valence-electron chi connectivity index (χ4n) is 2.94. The van der Waals surface area contributed by atoms with Crippen LogP contribution in [0.5, 0.6) is 0 Å². The molecular weight excluding hydrogens is 382 g/mol. The zero-order valence-electron chi connectivity index (χ0n) is 17.0. The largest absolute Gasteiger partial charge is 0.350 e. The quantitative estimate of drug-likeness (QED) is 0.582. The van der Waals surface area contributed by atoms with Crippen molar-refractivity contribution in [1.82, 2.24) is 20.3 Å². The maximum atomic E-state index is 12.6. The van der Waals surface area contributed by atoms with Crippen molar-refractivity contribution >= 4 is 17.5 Å². The molecular formula is C22H23N5O3. The number of H-pyrrole nitrogens is 1. The van der Waals surface area contributed by atoms with Crippen LogP contribution in [0.4, 0.5) is 5.69 Å². The lowest BCUT2D eigenvalue weighted by Crippen LogP contribution is -2.31. The molecule has 0 atom stereocenters. The molecule has 154 valence electrons. The Hall–Kier alpha value is -3.81. The summed E-state index contributed by atoms with van der Waals surface area (Å²) in [6.07, 6.45) is 3.07. The molecule has 3 N–H and O–H groups in total. The first-order valence-corrected chi connectivity index (χ1v) is 9.55. The van der Waals surface area contributed by atoms with Gasteiger partial charge in [0.15, 0.2) is 0 Å². The lowest BCUT2D eigenvalue weighted by molar-refractivity contribution is -0.115. The summed E-state index contributed by atoms with van der Waals surface area (Å²) in [5, 5.41) is 5.53. The second-order valence-electron chi connectivity index (χ2n) is 7.12. The molecule has 0 bridgehead atoms. The van der Waals surface area contributed by atoms with Gasteiger partial charge in [0.25, 0.3) is 11.5 Å². The van der Waals surface area contributed by atoms with Crippen LogP contribution >= 0.6 is 0 Å². The number of aromatic amines is 1. The number of aryl methyl sites for hydroxylation is 1. The second-order valence-corrected chi connectivity index (χ2v) is 7.12. The van der Waals surface area contributed by atoms with Crippen LogP contribution in [0.3, 0.4) is 0 Å². The molecule has 0 aliphatic carbocycles. The van der Waals surface area contributed by atoms with Crippen molar-refractivity contribution in [3.8, 4) is 11.4 Å². The molecule has 0 aliphatic heterocycles. The molecule has 3 aromatic rings. The summed E-state index contributed by atoms with van der Waals surface area (Å²) < 4.78 is 0. The minimum Gasteiger partial charge on any atom is -0.350 e. The van der Waals surface area contributed by atoms with Crippen LogP contribution in [0.15, 0.2) is 53.6 Å². The van der Waals surface area contributed by atoms with Crippen LogP contribution in [-0.2, 0) is 11.2 Å². The van der Waals surface area contributed by atoms with E-state index in [1.165, 1.54) is 0 Å². The monoisotopic (exact) mass is 405 g/mol. The molecule has 2 amide bonds. The van der Waals surface area contributed by atoms with E-state index < -0.39 is 5.91 Å². The van der Waals surface area contributed by atoms with E-state index in [4.69, 9.17) is 0 Å². The lowest BCUT2D eigenvalue weighted by Gasteiger charge is -2.13. The summed E-state index contributed by atoms with van der Waals surface area (Å²) in [4.78, 5) is 48.7. The Labute approximate surface area is 173 Å². The maximum absolute atomic E-state index is 12.6. The molecule has 2 aromatic heterocycles. The van der Waals surface area contributed by atoms with E-state index in [-0.39, 0.29) is 29.5 Å². The Morgan fingerprint density at radius 1 is 1.13 bits per heavy atom. The molecule has 0 aliphatic rings. The van der Waals surface area contributed by atoms with Gasteiger partial charge in [0.05, 0.1) is 17.7 Å². The van der Waals surface area contributed by atoms with Gasteiger partial charge < -0.3 is 15.6 Å². The number of hydrogen-bond acceptors (Lipinski definition) is 5. The third kappa shape index (κ3) is 4.96. The summed E-state index contributed by atoms with van der Waals surface area (Å²) in [5.74, 6) is -0.299. The number of hydrogen-bond donors (Lipinski definition) is 3. The van der Waals surface area contributed by atoms with Crippen LogP contribution in [0.2, 0.25) is 0 Å². The van der Waals surface area contributed by atoms with Crippen molar-refractivity contribution in [3.05, 3.63) is 76.0 Å². The predicted molar refractivity (Wildman–Crippen MR) is 114 cm³/mol. The van der Waals surface area contributed by atoms with Gasteiger partial charge in [-0.15, -0.1) is 0 Å². The third-order valence-corrected chi connectivity index (χ3v) is 4.36. The van der Waals surface area contributed by atoms with Crippen LogP contribution in [-0.4, -0.2) is 32.8 Å². The second kappa shape index (κ2) is 9.13. The third-order valence-electron chi connectivity index (χ3n) is 4.36. The van der Waals surface area contributed by atoms with Crippen LogP contribution < -0.4 is 16.2 Å². The first-order chi connectivity index (χ1) is 14.3. The SMILES string of the molecule is Cc1nc(-c2cccnc2)[nH]c(=O)c1CC(=O)Nc1ccccc1C(=O)NC(C)C. The minimum atomic E-state index is -0.413. The topological polar surface area (TPSA) is 117 Å². The number of nitrogens with zero attached hydrogens (tertiary/aromatic N) is 2. The van der Waals surface area contributed by atoms with Gasteiger partial charge in [-0.25, -0.2) is 4.98 Å². The molecule has 1 aromatic carbocycles. The average Bonchev–Trinajstić information content (AvgIpc) is 2.71. The number of rotatable bonds is 6. The van der Waals surface area contributed by atoms with E-state index in [1.54, 1.807) is 55.7 Å². The number of nitrogens with one attached hydrogen (secondary N) is 3. The van der Waals surface area contributed by atoms with Gasteiger partial charge >= 0.3 is 0 Å². The van der Waals surface area contributed by atoms with E-state index in [0.717, 1.165) is 0 Å². The van der Waals surface area contributed by atoms with Crippen LogP contribution in [0, 0.1) is 6.92 Å². The maximum Gasteiger partial charge on any atom is 0.255 e. The van der Waals surface area contributed by atoms with Crippen molar-refractivity contribution in [2.24, 2.45) is 0 Å². The standard InChI is InChI=1S/C22H23N5O3/c1-13(2)24-21(29)16-8-4-5-9-18(16)26-19(28)11-17-14(3)25-20(27-22(17)30)15-7-6-10-23-12-15/h4-10,12-13H,11H2,1-3H3,(H,24,29)(H,26,28)(H,25,27,30). The van der Waals surface area contributed by atoms with Crippen molar-refractivity contribution in [2.75, 3.05) is 5.32 Å². The summed E-state index contributed by atoms with van der Waals surface area (Å²) in [6, 6.07) is 10.2. The number of pyridine rings is 1. The Morgan fingerprint density at radius 3 is 2.57 bits per heavy atom. The fraction of sp³-hybridized carbons (Fsp3) is 0.227. The lowest BCUT2D eigenvalue weighted by atomic mass is 10.1. The highest BCUT2D eigenvalue weighted by molar-refractivity contribution is 6.04. The highest BCUT2D eigenvalue weighted by Crippen LogP contribution is 2.17. The van der Waals surface area contributed by atoms with Crippen molar-refractivity contribution in [3.63, 3.8) is 0 Å². The van der Waals surface area contributed by atoms with E-state index in [0.29, 0.717) is 28.3 Å². The Balaban J connectivity index is 1.79. The Morgan fingerprint density at radius 2 is 1.90 bits per heavy atom. The molecule has 3 rings (SSSR count). The normalized spacial score (nSPS) is 10.7. The molecule has 30 heavy (non-hydrogen) atoms. The molecule has 0 unspecified atom stereocenters. The number of para-hydroxylation sites is 1. The van der Waals surface area contributed by atoms with Crippen molar-refractivity contribution in [1.29, 1.82) is 0 Å². The van der Waals surface area contributed by atoms with E-state index in [2.05, 4.69) is 25.6 Å². The number of anilines is 1. The molecule has 8 nitrogen and oxygen atoms in total. The van der Waals surface area contributed by atoms with Gasteiger partial charge in [-0.3, -0.25) is 19.4 Å². The first-order valence-electron chi connectivity index (χ1n) is 9.55. The van der Waals surface area contributed by atoms with Gasteiger partial charge in [0, 0.05) is 35.3 Å². The van der Waals surface area contributed by atoms with Gasteiger partial charge in [-0.1, -0.05) is 12.1 Å². The van der Waals surface area contributed by atoms with Crippen molar-refractivity contribution < 1.29 is 9.59 Å². The zero-order chi connectivity index (χ0) is 21.7. The highest BCUT2D eigenvalue weighted by atomic mass is 16.2. The molecule has 8 heteroatoms. The van der Waals surface area contributed by atoms with Crippen LogP contribution in [0.1, 0.15) is 35.5 Å². The van der Waals surface area contributed by atoms with Gasteiger partial charge in [-0.05, 0) is 45.0 Å². The van der Waals surface area contributed by atoms with Gasteiger partial charge in [0.1, 0.15) is 5.82 Å². The molecule has 0 spiro atoms.